The highest BCUT2D eigenvalue weighted by Gasteiger charge is 2.47. The van der Waals surface area contributed by atoms with Crippen molar-refractivity contribution >= 4 is 40.4 Å². The molecule has 0 bridgehead atoms. The quantitative estimate of drug-likeness (QED) is 0.334. The molecule has 32 heavy (non-hydrogen) atoms. The van der Waals surface area contributed by atoms with Gasteiger partial charge >= 0.3 is 0 Å². The SMILES string of the molecule is Cc1ccccc1N1C(=O)C(=O)C(=C(O)c2ccc(Cl)cc2)[C@H]1c1ccc(N(C)C)cc1. The van der Waals surface area contributed by atoms with E-state index >= 15 is 0 Å². The predicted octanol–water partition coefficient (Wildman–Crippen LogP) is 5.34. The second-order valence-electron chi connectivity index (χ2n) is 7.95. The van der Waals surface area contributed by atoms with Crippen LogP contribution >= 0.6 is 11.6 Å². The van der Waals surface area contributed by atoms with Crippen molar-refractivity contribution in [2.75, 3.05) is 23.9 Å². The maximum atomic E-state index is 13.2. The Balaban J connectivity index is 1.94. The molecule has 0 aliphatic carbocycles. The minimum Gasteiger partial charge on any atom is -0.507 e. The number of ketones is 1. The first-order valence-electron chi connectivity index (χ1n) is 10.2. The molecule has 4 rings (SSSR count). The van der Waals surface area contributed by atoms with Crippen LogP contribution in [-0.2, 0) is 9.59 Å². The van der Waals surface area contributed by atoms with Crippen LogP contribution in [0.4, 0.5) is 11.4 Å². The zero-order chi connectivity index (χ0) is 23.0. The Morgan fingerprint density at radius 1 is 0.938 bits per heavy atom. The van der Waals surface area contributed by atoms with Crippen molar-refractivity contribution in [2.24, 2.45) is 0 Å². The Hall–Kier alpha value is -3.57. The van der Waals surface area contributed by atoms with E-state index in [9.17, 15) is 14.7 Å². The molecule has 0 radical (unpaired) electrons. The number of anilines is 2. The van der Waals surface area contributed by atoms with E-state index in [1.165, 1.54) is 4.90 Å². The van der Waals surface area contributed by atoms with Gasteiger partial charge in [0.15, 0.2) is 0 Å². The highest BCUT2D eigenvalue weighted by atomic mass is 35.5. The molecule has 1 atom stereocenters. The number of hydrogen-bond acceptors (Lipinski definition) is 4. The number of carbonyl (C=O) groups is 2. The predicted molar refractivity (Wildman–Crippen MR) is 128 cm³/mol. The molecule has 1 aliphatic rings. The molecule has 3 aromatic rings. The minimum absolute atomic E-state index is 0.0539. The molecular weight excluding hydrogens is 424 g/mol. The zero-order valence-electron chi connectivity index (χ0n) is 18.0. The van der Waals surface area contributed by atoms with Gasteiger partial charge in [0.05, 0.1) is 11.6 Å². The van der Waals surface area contributed by atoms with Gasteiger partial charge in [-0.2, -0.15) is 0 Å². The third-order valence-corrected chi connectivity index (χ3v) is 5.91. The van der Waals surface area contributed by atoms with Crippen molar-refractivity contribution in [2.45, 2.75) is 13.0 Å². The summed E-state index contributed by atoms with van der Waals surface area (Å²) in [5.41, 5.74) is 3.68. The first-order chi connectivity index (χ1) is 15.3. The summed E-state index contributed by atoms with van der Waals surface area (Å²) in [5, 5.41) is 11.6. The monoisotopic (exact) mass is 446 g/mol. The molecule has 1 aliphatic heterocycles. The lowest BCUT2D eigenvalue weighted by molar-refractivity contribution is -0.132. The average molecular weight is 447 g/mol. The van der Waals surface area contributed by atoms with Crippen LogP contribution in [0.3, 0.4) is 0 Å². The zero-order valence-corrected chi connectivity index (χ0v) is 18.8. The lowest BCUT2D eigenvalue weighted by Crippen LogP contribution is -2.30. The number of nitrogens with zero attached hydrogens (tertiary/aromatic N) is 2. The van der Waals surface area contributed by atoms with Gasteiger partial charge in [0.25, 0.3) is 11.7 Å². The van der Waals surface area contributed by atoms with E-state index < -0.39 is 17.7 Å². The second-order valence-corrected chi connectivity index (χ2v) is 8.38. The van der Waals surface area contributed by atoms with E-state index in [2.05, 4.69) is 0 Å². The highest BCUT2D eigenvalue weighted by molar-refractivity contribution is 6.51. The van der Waals surface area contributed by atoms with Gasteiger partial charge in [0.1, 0.15) is 5.76 Å². The van der Waals surface area contributed by atoms with E-state index in [4.69, 9.17) is 11.6 Å². The molecule has 0 saturated carbocycles. The molecule has 1 N–H and O–H groups in total. The lowest BCUT2D eigenvalue weighted by Gasteiger charge is -2.27. The van der Waals surface area contributed by atoms with E-state index in [0.717, 1.165) is 16.8 Å². The van der Waals surface area contributed by atoms with Gasteiger partial charge in [-0.25, -0.2) is 0 Å². The van der Waals surface area contributed by atoms with Crippen molar-refractivity contribution in [3.63, 3.8) is 0 Å². The molecule has 0 spiro atoms. The summed E-state index contributed by atoms with van der Waals surface area (Å²) in [6, 6.07) is 20.8. The molecule has 162 valence electrons. The fourth-order valence-corrected chi connectivity index (χ4v) is 4.07. The molecule has 0 unspecified atom stereocenters. The van der Waals surface area contributed by atoms with Crippen molar-refractivity contribution < 1.29 is 14.7 Å². The van der Waals surface area contributed by atoms with Crippen LogP contribution in [-0.4, -0.2) is 30.9 Å². The summed E-state index contributed by atoms with van der Waals surface area (Å²) in [6.45, 7) is 1.89. The number of halogens is 1. The van der Waals surface area contributed by atoms with Crippen LogP contribution in [0.15, 0.2) is 78.4 Å². The van der Waals surface area contributed by atoms with Crippen molar-refractivity contribution in [1.82, 2.24) is 0 Å². The van der Waals surface area contributed by atoms with Gasteiger partial charge in [0.2, 0.25) is 0 Å². The maximum Gasteiger partial charge on any atom is 0.300 e. The summed E-state index contributed by atoms with van der Waals surface area (Å²) in [5.74, 6) is -1.61. The van der Waals surface area contributed by atoms with Gasteiger partial charge in [-0.3, -0.25) is 14.5 Å². The summed E-state index contributed by atoms with van der Waals surface area (Å²) >= 11 is 5.98. The number of aryl methyl sites for hydroxylation is 1. The van der Waals surface area contributed by atoms with Gasteiger partial charge < -0.3 is 10.0 Å². The number of aliphatic hydroxyl groups excluding tert-OH is 1. The standard InChI is InChI=1S/C26H23ClN2O3/c1-16-6-4-5-7-21(16)29-23(17-10-14-20(15-11-17)28(2)3)22(25(31)26(29)32)24(30)18-8-12-19(27)13-9-18/h4-15,23,30H,1-3H3/t23-/m1/s1. The number of carbonyl (C=O) groups excluding carboxylic acids is 2. The number of aliphatic hydroxyl groups is 1. The van der Waals surface area contributed by atoms with Gasteiger partial charge in [-0.15, -0.1) is 0 Å². The molecule has 1 saturated heterocycles. The molecular formula is C26H23ClN2O3. The van der Waals surface area contributed by atoms with Crippen molar-refractivity contribution in [3.05, 3.63) is 100 Å². The van der Waals surface area contributed by atoms with E-state index in [-0.39, 0.29) is 11.3 Å². The molecule has 1 heterocycles. The third-order valence-electron chi connectivity index (χ3n) is 5.66. The van der Waals surface area contributed by atoms with Gasteiger partial charge in [-0.05, 0) is 60.5 Å². The molecule has 0 aromatic heterocycles. The molecule has 3 aromatic carbocycles. The van der Waals surface area contributed by atoms with Crippen LogP contribution < -0.4 is 9.80 Å². The number of para-hydroxylation sites is 1. The normalized spacial score (nSPS) is 17.6. The van der Waals surface area contributed by atoms with Crippen LogP contribution in [0.25, 0.3) is 5.76 Å². The van der Waals surface area contributed by atoms with E-state index in [1.807, 2.05) is 74.4 Å². The summed E-state index contributed by atoms with van der Waals surface area (Å²) < 4.78 is 0. The van der Waals surface area contributed by atoms with E-state index in [0.29, 0.717) is 16.3 Å². The first-order valence-corrected chi connectivity index (χ1v) is 10.6. The largest absolute Gasteiger partial charge is 0.507 e. The summed E-state index contributed by atoms with van der Waals surface area (Å²) in [6.07, 6.45) is 0. The fourth-order valence-electron chi connectivity index (χ4n) is 3.95. The van der Waals surface area contributed by atoms with Crippen LogP contribution in [0, 0.1) is 6.92 Å². The van der Waals surface area contributed by atoms with Crippen molar-refractivity contribution in [3.8, 4) is 0 Å². The summed E-state index contributed by atoms with van der Waals surface area (Å²) in [4.78, 5) is 29.9. The van der Waals surface area contributed by atoms with Gasteiger partial charge in [-0.1, -0.05) is 41.9 Å². The Labute approximate surface area is 192 Å². The Bertz CT molecular complexity index is 1210. The molecule has 1 fully saturated rings. The second kappa shape index (κ2) is 8.52. The Morgan fingerprint density at radius 2 is 1.56 bits per heavy atom. The number of benzene rings is 3. The number of rotatable bonds is 4. The van der Waals surface area contributed by atoms with Crippen LogP contribution in [0.1, 0.15) is 22.7 Å². The maximum absolute atomic E-state index is 13.2. The smallest absolute Gasteiger partial charge is 0.300 e. The van der Waals surface area contributed by atoms with E-state index in [1.54, 1.807) is 24.3 Å². The Kier molecular flexibility index (Phi) is 5.76. The molecule has 5 nitrogen and oxygen atoms in total. The topological polar surface area (TPSA) is 60.9 Å². The lowest BCUT2D eigenvalue weighted by atomic mass is 9.94. The van der Waals surface area contributed by atoms with Crippen LogP contribution in [0.5, 0.6) is 0 Å². The molecule has 6 heteroatoms. The number of Topliss-reactive ketones (excluding diaryl/α,β-unsaturated/α-hetero) is 1. The Morgan fingerprint density at radius 3 is 2.16 bits per heavy atom. The summed E-state index contributed by atoms with van der Waals surface area (Å²) in [7, 11) is 3.88. The average Bonchev–Trinajstić information content (AvgIpc) is 3.05. The fraction of sp³-hybridized carbons (Fsp3) is 0.154. The third kappa shape index (κ3) is 3.76. The van der Waals surface area contributed by atoms with Crippen molar-refractivity contribution in [1.29, 1.82) is 0 Å². The van der Waals surface area contributed by atoms with Crippen LogP contribution in [0.2, 0.25) is 5.02 Å². The number of hydrogen-bond donors (Lipinski definition) is 1. The molecule has 1 amide bonds. The minimum atomic E-state index is -0.761. The van der Waals surface area contributed by atoms with Gasteiger partial charge in [0, 0.05) is 36.1 Å². The number of amides is 1. The highest BCUT2D eigenvalue weighted by Crippen LogP contribution is 2.43. The first kappa shape index (κ1) is 21.7.